The summed E-state index contributed by atoms with van der Waals surface area (Å²) in [6.07, 6.45) is 8.26. The van der Waals surface area contributed by atoms with Crippen molar-refractivity contribution >= 4 is 18.1 Å². The zero-order valence-corrected chi connectivity index (χ0v) is 15.2. The smallest absolute Gasteiger partial charge is 0.335 e. The molecule has 0 atom stereocenters. The molecule has 0 saturated carbocycles. The summed E-state index contributed by atoms with van der Waals surface area (Å²) in [6, 6.07) is 19.5. The lowest BCUT2D eigenvalue weighted by atomic mass is 10.1. The Morgan fingerprint density at radius 3 is 2.23 bits per heavy atom. The number of carbonyl (C=O) groups is 1. The van der Waals surface area contributed by atoms with Crippen LogP contribution in [0.25, 0.3) is 12.2 Å². The second-order valence-corrected chi connectivity index (χ2v) is 6.05. The SMILES string of the molecule is Cc1cccc(/C=C\c2cc[n+](Cc3ccc(C(=O)O)cc3)cc2)c1.[Cl-]. The van der Waals surface area contributed by atoms with Gasteiger partial charge in [-0.2, -0.15) is 0 Å². The van der Waals surface area contributed by atoms with E-state index in [0.29, 0.717) is 12.1 Å². The van der Waals surface area contributed by atoms with Crippen molar-refractivity contribution in [2.45, 2.75) is 13.5 Å². The third-order valence-electron chi connectivity index (χ3n) is 3.99. The maximum absolute atomic E-state index is 10.9. The summed E-state index contributed by atoms with van der Waals surface area (Å²) >= 11 is 0. The second-order valence-electron chi connectivity index (χ2n) is 6.05. The Kier molecular flexibility index (Phi) is 6.70. The molecule has 0 aliphatic carbocycles. The Hall–Kier alpha value is -2.91. The Labute approximate surface area is 159 Å². The van der Waals surface area contributed by atoms with Gasteiger partial charge in [0.05, 0.1) is 5.56 Å². The maximum atomic E-state index is 10.9. The van der Waals surface area contributed by atoms with E-state index in [1.165, 1.54) is 11.1 Å². The van der Waals surface area contributed by atoms with Crippen LogP contribution in [0, 0.1) is 6.92 Å². The van der Waals surface area contributed by atoms with Gasteiger partial charge < -0.3 is 17.5 Å². The fraction of sp³-hybridized carbons (Fsp3) is 0.0909. The highest BCUT2D eigenvalue weighted by molar-refractivity contribution is 5.87. The summed E-state index contributed by atoms with van der Waals surface area (Å²) in [5.74, 6) is -0.899. The van der Waals surface area contributed by atoms with Gasteiger partial charge in [-0.15, -0.1) is 0 Å². The molecule has 3 aromatic rings. The van der Waals surface area contributed by atoms with Crippen molar-refractivity contribution in [3.05, 3.63) is 101 Å². The summed E-state index contributed by atoms with van der Waals surface area (Å²) < 4.78 is 2.07. The first-order valence-corrected chi connectivity index (χ1v) is 8.16. The van der Waals surface area contributed by atoms with Crippen LogP contribution in [-0.4, -0.2) is 11.1 Å². The predicted octanol–water partition coefficient (Wildman–Crippen LogP) is 1.20. The van der Waals surface area contributed by atoms with Gasteiger partial charge in [0.2, 0.25) is 0 Å². The van der Waals surface area contributed by atoms with Crippen molar-refractivity contribution in [2.24, 2.45) is 0 Å². The number of carboxylic acids is 1. The van der Waals surface area contributed by atoms with Gasteiger partial charge in [-0.3, -0.25) is 0 Å². The van der Waals surface area contributed by atoms with E-state index in [0.717, 1.165) is 11.1 Å². The molecule has 0 aliphatic rings. The van der Waals surface area contributed by atoms with Crippen LogP contribution >= 0.6 is 0 Å². The topological polar surface area (TPSA) is 41.2 Å². The van der Waals surface area contributed by atoms with Crippen LogP contribution < -0.4 is 17.0 Å². The van der Waals surface area contributed by atoms with E-state index in [9.17, 15) is 4.79 Å². The van der Waals surface area contributed by atoms with Gasteiger partial charge in [0.15, 0.2) is 18.9 Å². The van der Waals surface area contributed by atoms with Gasteiger partial charge in [-0.05, 0) is 30.2 Å². The number of rotatable bonds is 5. The molecule has 3 nitrogen and oxygen atoms in total. The lowest BCUT2D eigenvalue weighted by Crippen LogP contribution is -3.00. The van der Waals surface area contributed by atoms with Gasteiger partial charge in [-0.1, -0.05) is 54.1 Å². The fourth-order valence-corrected chi connectivity index (χ4v) is 2.62. The Morgan fingerprint density at radius 1 is 0.962 bits per heavy atom. The molecule has 0 fully saturated rings. The van der Waals surface area contributed by atoms with Crippen LogP contribution in [0.4, 0.5) is 0 Å². The summed E-state index contributed by atoms with van der Waals surface area (Å²) in [6.45, 7) is 2.80. The molecule has 132 valence electrons. The zero-order valence-electron chi connectivity index (χ0n) is 14.5. The number of hydrogen-bond donors (Lipinski definition) is 1. The number of benzene rings is 2. The number of aromatic carboxylic acids is 1. The molecule has 1 aromatic heterocycles. The molecular weight excluding hydrogens is 346 g/mol. The van der Waals surface area contributed by atoms with Crippen LogP contribution in [0.5, 0.6) is 0 Å². The summed E-state index contributed by atoms with van der Waals surface area (Å²) in [5, 5.41) is 8.93. The number of aromatic nitrogens is 1. The maximum Gasteiger partial charge on any atom is 0.335 e. The fourth-order valence-electron chi connectivity index (χ4n) is 2.62. The third kappa shape index (κ3) is 5.30. The molecule has 0 unspecified atom stereocenters. The lowest BCUT2D eigenvalue weighted by Gasteiger charge is -2.00. The standard InChI is InChI=1S/C22H19NO2.ClH/c1-17-3-2-4-19(15-17)6-5-18-11-13-23(14-12-18)16-20-7-9-21(10-8-20)22(24)25;/h2-15H,16H2,1H3;1H/b6-5-;. The number of carboxylic acid groups (broad SMARTS) is 1. The van der Waals surface area contributed by atoms with Crippen LogP contribution in [-0.2, 0) is 6.54 Å². The molecule has 0 amide bonds. The van der Waals surface area contributed by atoms with E-state index in [1.807, 2.05) is 24.5 Å². The molecule has 0 saturated heterocycles. The minimum atomic E-state index is -0.899. The molecule has 3 rings (SSSR count). The van der Waals surface area contributed by atoms with E-state index in [1.54, 1.807) is 12.1 Å². The third-order valence-corrected chi connectivity index (χ3v) is 3.99. The monoisotopic (exact) mass is 365 g/mol. The summed E-state index contributed by atoms with van der Waals surface area (Å²) in [5.41, 5.74) is 4.96. The van der Waals surface area contributed by atoms with Crippen molar-refractivity contribution in [1.82, 2.24) is 0 Å². The molecule has 0 spiro atoms. The number of nitrogens with zero attached hydrogens (tertiary/aromatic N) is 1. The van der Waals surface area contributed by atoms with Crippen molar-refractivity contribution in [2.75, 3.05) is 0 Å². The van der Waals surface area contributed by atoms with Crippen LogP contribution in [0.15, 0.2) is 73.1 Å². The van der Waals surface area contributed by atoms with E-state index in [2.05, 4.69) is 60.0 Å². The molecular formula is C22H20ClNO2. The first kappa shape index (κ1) is 19.4. The van der Waals surface area contributed by atoms with Crippen molar-refractivity contribution < 1.29 is 26.9 Å². The average Bonchev–Trinajstić information content (AvgIpc) is 2.62. The Bertz CT molecular complexity index is 900. The predicted molar refractivity (Wildman–Crippen MR) is 99.2 cm³/mol. The van der Waals surface area contributed by atoms with E-state index in [-0.39, 0.29) is 12.4 Å². The highest BCUT2D eigenvalue weighted by Gasteiger charge is 2.05. The van der Waals surface area contributed by atoms with E-state index < -0.39 is 5.97 Å². The molecule has 1 heterocycles. The van der Waals surface area contributed by atoms with Crippen LogP contribution in [0.2, 0.25) is 0 Å². The van der Waals surface area contributed by atoms with Gasteiger partial charge in [0.25, 0.3) is 0 Å². The number of halogens is 1. The quantitative estimate of drug-likeness (QED) is 0.690. The van der Waals surface area contributed by atoms with Gasteiger partial charge in [0.1, 0.15) is 0 Å². The van der Waals surface area contributed by atoms with Crippen molar-refractivity contribution in [1.29, 1.82) is 0 Å². The van der Waals surface area contributed by atoms with Gasteiger partial charge in [-0.25, -0.2) is 9.36 Å². The molecule has 0 radical (unpaired) electrons. The lowest BCUT2D eigenvalue weighted by molar-refractivity contribution is -0.688. The van der Waals surface area contributed by atoms with Crippen LogP contribution in [0.3, 0.4) is 0 Å². The summed E-state index contributed by atoms with van der Waals surface area (Å²) in [7, 11) is 0. The molecule has 1 N–H and O–H groups in total. The first-order valence-electron chi connectivity index (χ1n) is 8.16. The average molecular weight is 366 g/mol. The first-order chi connectivity index (χ1) is 12.1. The number of pyridine rings is 1. The van der Waals surface area contributed by atoms with Crippen LogP contribution in [0.1, 0.15) is 32.6 Å². The molecule has 26 heavy (non-hydrogen) atoms. The molecule has 2 aromatic carbocycles. The van der Waals surface area contributed by atoms with E-state index in [4.69, 9.17) is 5.11 Å². The second kappa shape index (κ2) is 8.97. The van der Waals surface area contributed by atoms with Gasteiger partial charge >= 0.3 is 5.97 Å². The van der Waals surface area contributed by atoms with Crippen molar-refractivity contribution in [3.63, 3.8) is 0 Å². The Morgan fingerprint density at radius 2 is 1.62 bits per heavy atom. The normalized spacial score (nSPS) is 10.5. The van der Waals surface area contributed by atoms with Gasteiger partial charge in [0, 0.05) is 17.7 Å². The minimum Gasteiger partial charge on any atom is -1.00 e. The highest BCUT2D eigenvalue weighted by atomic mass is 35.5. The number of aryl methyl sites for hydroxylation is 1. The molecule has 0 bridgehead atoms. The van der Waals surface area contributed by atoms with Crippen molar-refractivity contribution in [3.8, 4) is 0 Å². The van der Waals surface area contributed by atoms with E-state index >= 15 is 0 Å². The molecule has 0 aliphatic heterocycles. The summed E-state index contributed by atoms with van der Waals surface area (Å²) in [4.78, 5) is 10.9. The number of hydrogen-bond acceptors (Lipinski definition) is 1. The largest absolute Gasteiger partial charge is 1.00 e. The molecule has 4 heteroatoms. The zero-order chi connectivity index (χ0) is 17.6. The minimum absolute atomic E-state index is 0. The highest BCUT2D eigenvalue weighted by Crippen LogP contribution is 2.09. The Balaban J connectivity index is 0.00000243.